The van der Waals surface area contributed by atoms with Crippen molar-refractivity contribution in [2.45, 2.75) is 47.1 Å². The number of nitrogens with zero attached hydrogens (tertiary/aromatic N) is 2. The van der Waals surface area contributed by atoms with Gasteiger partial charge in [-0.2, -0.15) is 0 Å². The van der Waals surface area contributed by atoms with Crippen molar-refractivity contribution in [2.75, 3.05) is 0 Å². The first-order valence-corrected chi connectivity index (χ1v) is 8.25. The summed E-state index contributed by atoms with van der Waals surface area (Å²) >= 11 is 0. The highest BCUT2D eigenvalue weighted by atomic mass is 16.5. The molecule has 1 atom stereocenters. The monoisotopic (exact) mass is 325 g/mol. The number of hydrogen-bond donors (Lipinski definition) is 1. The molecule has 5 heteroatoms. The minimum Gasteiger partial charge on any atom is -0.484 e. The van der Waals surface area contributed by atoms with E-state index in [0.29, 0.717) is 11.3 Å². The first-order chi connectivity index (χ1) is 11.4. The van der Waals surface area contributed by atoms with Crippen molar-refractivity contribution in [3.8, 4) is 5.75 Å². The second-order valence-electron chi connectivity index (χ2n) is 6.28. The van der Waals surface area contributed by atoms with Gasteiger partial charge in [-0.3, -0.25) is 9.89 Å². The molecule has 24 heavy (non-hydrogen) atoms. The maximum atomic E-state index is 12.4. The Kier molecular flexibility index (Phi) is 4.18. The fraction of sp³-hybridized carbons (Fsp3) is 0.368. The maximum absolute atomic E-state index is 12.4. The van der Waals surface area contributed by atoms with Crippen molar-refractivity contribution < 1.29 is 4.74 Å². The molecule has 0 saturated carbocycles. The van der Waals surface area contributed by atoms with Crippen molar-refractivity contribution in [1.82, 2.24) is 14.6 Å². The summed E-state index contributed by atoms with van der Waals surface area (Å²) in [5.74, 6) is 0.825. The molecule has 0 radical (unpaired) electrons. The van der Waals surface area contributed by atoms with Crippen LogP contribution in [0.1, 0.15) is 48.0 Å². The van der Waals surface area contributed by atoms with Crippen molar-refractivity contribution in [3.05, 3.63) is 62.7 Å². The Morgan fingerprint density at radius 1 is 1.25 bits per heavy atom. The highest BCUT2D eigenvalue weighted by Crippen LogP contribution is 2.25. The Bertz CT molecular complexity index is 953. The first-order valence-electron chi connectivity index (χ1n) is 8.25. The Morgan fingerprint density at radius 3 is 2.71 bits per heavy atom. The molecule has 0 aliphatic carbocycles. The number of hydrogen-bond acceptors (Lipinski definition) is 3. The van der Waals surface area contributed by atoms with Gasteiger partial charge in [-0.25, -0.2) is 9.50 Å². The van der Waals surface area contributed by atoms with Crippen LogP contribution in [0.25, 0.3) is 5.65 Å². The molecule has 0 aliphatic heterocycles. The molecule has 0 amide bonds. The second kappa shape index (κ2) is 6.15. The van der Waals surface area contributed by atoms with Crippen LogP contribution in [0, 0.1) is 20.8 Å². The van der Waals surface area contributed by atoms with Crippen LogP contribution in [0.4, 0.5) is 0 Å². The van der Waals surface area contributed by atoms with Crippen molar-refractivity contribution >= 4 is 5.65 Å². The molecule has 1 aromatic carbocycles. The van der Waals surface area contributed by atoms with Crippen LogP contribution in [0.5, 0.6) is 5.75 Å². The highest BCUT2D eigenvalue weighted by molar-refractivity contribution is 5.50. The average Bonchev–Trinajstić information content (AvgIpc) is 2.86. The number of fused-ring (bicyclic) bond motifs is 1. The molecule has 3 aromatic rings. The average molecular weight is 325 g/mol. The largest absolute Gasteiger partial charge is 0.484 e. The predicted molar refractivity (Wildman–Crippen MR) is 94.9 cm³/mol. The van der Waals surface area contributed by atoms with E-state index in [1.54, 1.807) is 0 Å². The summed E-state index contributed by atoms with van der Waals surface area (Å²) in [6.45, 7) is 9.99. The van der Waals surface area contributed by atoms with Crippen LogP contribution < -0.4 is 10.3 Å². The Hall–Kier alpha value is -2.56. The number of aromatic amines is 1. The maximum Gasteiger partial charge on any atom is 0.273 e. The molecule has 1 unspecified atom stereocenters. The lowest BCUT2D eigenvalue weighted by Gasteiger charge is -2.16. The molecule has 0 saturated heterocycles. The van der Waals surface area contributed by atoms with Gasteiger partial charge < -0.3 is 4.74 Å². The van der Waals surface area contributed by atoms with Gasteiger partial charge in [0.2, 0.25) is 0 Å². The van der Waals surface area contributed by atoms with Gasteiger partial charge >= 0.3 is 0 Å². The summed E-state index contributed by atoms with van der Waals surface area (Å²) in [5, 5.41) is 3.08. The lowest BCUT2D eigenvalue weighted by atomic mass is 10.1. The fourth-order valence-electron chi connectivity index (χ4n) is 2.93. The van der Waals surface area contributed by atoms with Gasteiger partial charge in [0, 0.05) is 17.3 Å². The summed E-state index contributed by atoms with van der Waals surface area (Å²) in [4.78, 5) is 17.1. The minimum absolute atomic E-state index is 0.116. The third-order valence-electron chi connectivity index (χ3n) is 4.36. The van der Waals surface area contributed by atoms with E-state index in [2.05, 4.69) is 23.1 Å². The number of benzene rings is 1. The third kappa shape index (κ3) is 2.82. The Labute approximate surface area is 141 Å². The summed E-state index contributed by atoms with van der Waals surface area (Å²) in [5.41, 5.74) is 5.46. The lowest BCUT2D eigenvalue weighted by molar-refractivity contribution is 0.220. The lowest BCUT2D eigenvalue weighted by Crippen LogP contribution is -2.18. The van der Waals surface area contributed by atoms with Gasteiger partial charge in [-0.1, -0.05) is 19.1 Å². The quantitative estimate of drug-likeness (QED) is 0.796. The van der Waals surface area contributed by atoms with Crippen LogP contribution in [-0.2, 0) is 6.42 Å². The topological polar surface area (TPSA) is 59.4 Å². The van der Waals surface area contributed by atoms with Crippen molar-refractivity contribution in [3.63, 3.8) is 0 Å². The zero-order valence-corrected chi connectivity index (χ0v) is 14.8. The molecule has 126 valence electrons. The smallest absolute Gasteiger partial charge is 0.273 e. The van der Waals surface area contributed by atoms with Crippen molar-refractivity contribution in [2.24, 2.45) is 0 Å². The zero-order chi connectivity index (χ0) is 17.4. The molecule has 2 aromatic heterocycles. The van der Waals surface area contributed by atoms with E-state index < -0.39 is 0 Å². The Balaban J connectivity index is 2.02. The molecule has 0 aliphatic rings. The molecular formula is C19H23N3O2. The molecular weight excluding hydrogens is 302 g/mol. The Morgan fingerprint density at radius 2 is 2.00 bits per heavy atom. The van der Waals surface area contributed by atoms with E-state index >= 15 is 0 Å². The van der Waals surface area contributed by atoms with Crippen LogP contribution in [0.3, 0.4) is 0 Å². The van der Waals surface area contributed by atoms with Crippen LogP contribution in [0.15, 0.2) is 29.1 Å². The van der Waals surface area contributed by atoms with Gasteiger partial charge in [-0.05, 0) is 51.3 Å². The number of aryl methyl sites for hydroxylation is 4. The number of H-pyrrole nitrogens is 1. The van der Waals surface area contributed by atoms with E-state index in [9.17, 15) is 4.79 Å². The van der Waals surface area contributed by atoms with Crippen molar-refractivity contribution in [1.29, 1.82) is 0 Å². The van der Waals surface area contributed by atoms with Gasteiger partial charge in [0.1, 0.15) is 11.9 Å². The number of rotatable bonds is 4. The van der Waals surface area contributed by atoms with Crippen LogP contribution >= 0.6 is 0 Å². The zero-order valence-electron chi connectivity index (χ0n) is 14.8. The van der Waals surface area contributed by atoms with E-state index in [-0.39, 0.29) is 11.7 Å². The number of nitrogens with one attached hydrogen (secondary N) is 1. The summed E-state index contributed by atoms with van der Waals surface area (Å²) < 4.78 is 7.58. The predicted octanol–water partition coefficient (Wildman–Crippen LogP) is 3.65. The van der Waals surface area contributed by atoms with E-state index in [0.717, 1.165) is 34.6 Å². The summed E-state index contributed by atoms with van der Waals surface area (Å²) in [7, 11) is 0. The van der Waals surface area contributed by atoms with Gasteiger partial charge in [0.05, 0.1) is 5.69 Å². The molecule has 3 rings (SSSR count). The van der Waals surface area contributed by atoms with Gasteiger partial charge in [0.25, 0.3) is 5.56 Å². The van der Waals surface area contributed by atoms with E-state index in [1.165, 1.54) is 10.6 Å². The van der Waals surface area contributed by atoms with E-state index in [4.69, 9.17) is 4.74 Å². The molecule has 0 spiro atoms. The standard InChI is InChI=1S/C19H23N3O2/c1-6-15-13(4)21-22-18(23)10-16(20-19(15)22)14(5)24-17-9-11(2)7-8-12(17)3/h7-10,14,21H,6H2,1-5H3. The van der Waals surface area contributed by atoms with Gasteiger partial charge in [0.15, 0.2) is 5.65 Å². The molecule has 5 nitrogen and oxygen atoms in total. The van der Waals surface area contributed by atoms with Crippen LogP contribution in [-0.4, -0.2) is 14.6 Å². The van der Waals surface area contributed by atoms with E-state index in [1.807, 2.05) is 39.8 Å². The molecule has 1 N–H and O–H groups in total. The highest BCUT2D eigenvalue weighted by Gasteiger charge is 2.16. The number of aromatic nitrogens is 3. The van der Waals surface area contributed by atoms with Gasteiger partial charge in [-0.15, -0.1) is 0 Å². The van der Waals surface area contributed by atoms with Crippen LogP contribution in [0.2, 0.25) is 0 Å². The normalized spacial score (nSPS) is 12.5. The SMILES string of the molecule is CCc1c(C)[nH]n2c(=O)cc(C(C)Oc3cc(C)ccc3C)nc12. The second-order valence-corrected chi connectivity index (χ2v) is 6.28. The number of ether oxygens (including phenoxy) is 1. The minimum atomic E-state index is -0.303. The molecule has 0 fully saturated rings. The first kappa shape index (κ1) is 16.3. The fourth-order valence-corrected chi connectivity index (χ4v) is 2.93. The molecule has 0 bridgehead atoms. The third-order valence-corrected chi connectivity index (χ3v) is 4.36. The molecule has 2 heterocycles. The summed E-state index contributed by atoms with van der Waals surface area (Å²) in [6, 6.07) is 7.64. The summed E-state index contributed by atoms with van der Waals surface area (Å²) in [6.07, 6.45) is 0.518.